The monoisotopic (exact) mass is 415 g/mol. The fourth-order valence-corrected chi connectivity index (χ4v) is 4.07. The Hall–Kier alpha value is -2.74. The highest BCUT2D eigenvalue weighted by Gasteiger charge is 2.26. The van der Waals surface area contributed by atoms with Crippen molar-refractivity contribution in [2.24, 2.45) is 0 Å². The van der Waals surface area contributed by atoms with Gasteiger partial charge in [-0.2, -0.15) is 0 Å². The fourth-order valence-electron chi connectivity index (χ4n) is 3.19. The lowest BCUT2D eigenvalue weighted by molar-refractivity contribution is -0.121. The maximum atomic E-state index is 12.5. The number of amides is 3. The third-order valence-electron chi connectivity index (χ3n) is 4.75. The predicted molar refractivity (Wildman–Crippen MR) is 112 cm³/mol. The minimum absolute atomic E-state index is 0.0134. The number of hydrogen-bond donors (Lipinski definition) is 2. The van der Waals surface area contributed by atoms with Gasteiger partial charge in [0.25, 0.3) is 5.91 Å². The minimum Gasteiger partial charge on any atom is -0.472 e. The summed E-state index contributed by atoms with van der Waals surface area (Å²) in [4.78, 5) is 38.7. The number of nitrogens with one attached hydrogen (secondary N) is 2. The Morgan fingerprint density at radius 1 is 1.14 bits per heavy atom. The van der Waals surface area contributed by atoms with Crippen LogP contribution in [0.5, 0.6) is 0 Å². The largest absolute Gasteiger partial charge is 0.472 e. The van der Waals surface area contributed by atoms with Gasteiger partial charge >= 0.3 is 0 Å². The van der Waals surface area contributed by atoms with Crippen molar-refractivity contribution < 1.29 is 18.8 Å². The van der Waals surface area contributed by atoms with Crippen molar-refractivity contribution in [3.8, 4) is 0 Å². The molecule has 1 aromatic carbocycles. The second kappa shape index (κ2) is 9.65. The number of thioether (sulfide) groups is 1. The first-order valence-corrected chi connectivity index (χ1v) is 10.5. The standard InChI is InChI=1S/C21H25N3O4S/c1-14(29-19-5-3-17(4-6-19)22-15(2)25)20(26)23-18-7-10-24(11-8-18)21(27)16-9-12-28-13-16/h3-6,9,12-14,18H,7-8,10-11H2,1-2H3,(H,22,25)(H,23,26). The van der Waals surface area contributed by atoms with E-state index in [9.17, 15) is 14.4 Å². The lowest BCUT2D eigenvalue weighted by Crippen LogP contribution is -2.48. The zero-order valence-corrected chi connectivity index (χ0v) is 17.3. The molecule has 154 valence electrons. The molecule has 1 atom stereocenters. The number of anilines is 1. The average molecular weight is 416 g/mol. The van der Waals surface area contributed by atoms with Crippen LogP contribution in [0.4, 0.5) is 5.69 Å². The van der Waals surface area contributed by atoms with Gasteiger partial charge in [0.1, 0.15) is 6.26 Å². The summed E-state index contributed by atoms with van der Waals surface area (Å²) < 4.78 is 4.97. The first-order valence-electron chi connectivity index (χ1n) is 9.58. The van der Waals surface area contributed by atoms with Gasteiger partial charge in [-0.05, 0) is 50.1 Å². The normalized spacial score (nSPS) is 15.6. The molecule has 1 aliphatic heterocycles. The smallest absolute Gasteiger partial charge is 0.257 e. The Morgan fingerprint density at radius 2 is 1.83 bits per heavy atom. The molecule has 2 heterocycles. The van der Waals surface area contributed by atoms with Gasteiger partial charge in [0, 0.05) is 36.6 Å². The summed E-state index contributed by atoms with van der Waals surface area (Å²) in [5.74, 6) is -0.161. The Morgan fingerprint density at radius 3 is 2.41 bits per heavy atom. The van der Waals surface area contributed by atoms with Crippen LogP contribution < -0.4 is 10.6 Å². The van der Waals surface area contributed by atoms with Gasteiger partial charge in [-0.1, -0.05) is 0 Å². The summed E-state index contributed by atoms with van der Waals surface area (Å²) in [6, 6.07) is 9.15. The van der Waals surface area contributed by atoms with Crippen LogP contribution in [-0.2, 0) is 9.59 Å². The first kappa shape index (κ1) is 21.0. The number of piperidine rings is 1. The topological polar surface area (TPSA) is 91.7 Å². The zero-order valence-electron chi connectivity index (χ0n) is 16.5. The van der Waals surface area contributed by atoms with Crippen molar-refractivity contribution in [2.75, 3.05) is 18.4 Å². The molecule has 3 amide bonds. The van der Waals surface area contributed by atoms with Gasteiger partial charge in [-0.25, -0.2) is 0 Å². The van der Waals surface area contributed by atoms with Crippen LogP contribution in [0.2, 0.25) is 0 Å². The second-order valence-corrected chi connectivity index (χ2v) is 8.47. The number of nitrogens with zero attached hydrogens (tertiary/aromatic N) is 1. The molecule has 29 heavy (non-hydrogen) atoms. The molecule has 0 aliphatic carbocycles. The number of rotatable bonds is 6. The van der Waals surface area contributed by atoms with Crippen molar-refractivity contribution in [2.45, 2.75) is 42.9 Å². The molecular weight excluding hydrogens is 390 g/mol. The molecule has 0 radical (unpaired) electrons. The first-order chi connectivity index (χ1) is 13.9. The second-order valence-electron chi connectivity index (χ2n) is 7.05. The molecule has 1 unspecified atom stereocenters. The SMILES string of the molecule is CC(=O)Nc1ccc(SC(C)C(=O)NC2CCN(C(=O)c3ccoc3)CC2)cc1. The van der Waals surface area contributed by atoms with E-state index < -0.39 is 0 Å². The van der Waals surface area contributed by atoms with Crippen molar-refractivity contribution >= 4 is 35.2 Å². The maximum Gasteiger partial charge on any atom is 0.257 e. The molecule has 7 nitrogen and oxygen atoms in total. The summed E-state index contributed by atoms with van der Waals surface area (Å²) in [7, 11) is 0. The Kier molecular flexibility index (Phi) is 6.98. The lowest BCUT2D eigenvalue weighted by Gasteiger charge is -2.32. The molecule has 1 fully saturated rings. The van der Waals surface area contributed by atoms with Crippen molar-refractivity contribution in [1.82, 2.24) is 10.2 Å². The highest BCUT2D eigenvalue weighted by molar-refractivity contribution is 8.00. The third kappa shape index (κ3) is 5.87. The van der Waals surface area contributed by atoms with E-state index in [2.05, 4.69) is 10.6 Å². The predicted octanol–water partition coefficient (Wildman–Crippen LogP) is 3.14. The zero-order chi connectivity index (χ0) is 20.8. The summed E-state index contributed by atoms with van der Waals surface area (Å²) in [5.41, 5.74) is 1.29. The van der Waals surface area contributed by atoms with Crippen LogP contribution in [0, 0.1) is 0 Å². The van der Waals surface area contributed by atoms with Gasteiger partial charge in [-0.3, -0.25) is 14.4 Å². The van der Waals surface area contributed by atoms with Gasteiger partial charge in [0.15, 0.2) is 0 Å². The van der Waals surface area contributed by atoms with E-state index in [-0.39, 0.29) is 29.0 Å². The molecule has 1 aromatic heterocycles. The van der Waals surface area contributed by atoms with Crippen LogP contribution in [0.3, 0.4) is 0 Å². The van der Waals surface area contributed by atoms with Crippen LogP contribution in [0.1, 0.15) is 37.0 Å². The van der Waals surface area contributed by atoms with E-state index in [1.807, 2.05) is 31.2 Å². The van der Waals surface area contributed by atoms with Crippen molar-refractivity contribution in [3.63, 3.8) is 0 Å². The number of furan rings is 1. The number of likely N-dealkylation sites (tertiary alicyclic amines) is 1. The molecule has 8 heteroatoms. The molecule has 0 spiro atoms. The molecular formula is C21H25N3O4S. The van der Waals surface area contributed by atoms with Crippen LogP contribution >= 0.6 is 11.8 Å². The average Bonchev–Trinajstić information content (AvgIpc) is 3.24. The van der Waals surface area contributed by atoms with E-state index in [4.69, 9.17) is 4.42 Å². The minimum atomic E-state index is -0.243. The van der Waals surface area contributed by atoms with E-state index in [1.165, 1.54) is 31.2 Å². The quantitative estimate of drug-likeness (QED) is 0.707. The van der Waals surface area contributed by atoms with E-state index in [1.54, 1.807) is 11.0 Å². The molecule has 1 saturated heterocycles. The van der Waals surface area contributed by atoms with Gasteiger partial charge in [0.05, 0.1) is 17.1 Å². The Labute approximate surface area is 174 Å². The van der Waals surface area contributed by atoms with Crippen LogP contribution in [-0.4, -0.2) is 47.0 Å². The number of carbonyl (C=O) groups excluding carboxylic acids is 3. The summed E-state index contributed by atoms with van der Waals surface area (Å²) in [5, 5.41) is 5.58. The molecule has 0 saturated carbocycles. The summed E-state index contributed by atoms with van der Waals surface area (Å²) >= 11 is 1.47. The molecule has 2 N–H and O–H groups in total. The molecule has 3 rings (SSSR count). The lowest BCUT2D eigenvalue weighted by atomic mass is 10.0. The van der Waals surface area contributed by atoms with Gasteiger partial charge in [-0.15, -0.1) is 11.8 Å². The van der Waals surface area contributed by atoms with Gasteiger partial charge in [0.2, 0.25) is 11.8 Å². The summed E-state index contributed by atoms with van der Waals surface area (Å²) in [6.45, 7) is 4.56. The number of carbonyl (C=O) groups is 3. The van der Waals surface area contributed by atoms with Crippen LogP contribution in [0.15, 0.2) is 52.2 Å². The highest BCUT2D eigenvalue weighted by Crippen LogP contribution is 2.25. The number of hydrogen-bond acceptors (Lipinski definition) is 5. The number of benzene rings is 1. The van der Waals surface area contributed by atoms with E-state index in [0.717, 1.165) is 23.4 Å². The van der Waals surface area contributed by atoms with Crippen molar-refractivity contribution in [1.29, 1.82) is 0 Å². The van der Waals surface area contributed by atoms with Crippen LogP contribution in [0.25, 0.3) is 0 Å². The van der Waals surface area contributed by atoms with Gasteiger partial charge < -0.3 is 20.0 Å². The Balaban J connectivity index is 1.44. The Bertz CT molecular complexity index is 843. The van der Waals surface area contributed by atoms with E-state index in [0.29, 0.717) is 18.7 Å². The van der Waals surface area contributed by atoms with Crippen molar-refractivity contribution in [3.05, 3.63) is 48.4 Å². The maximum absolute atomic E-state index is 12.5. The third-order valence-corrected chi connectivity index (χ3v) is 5.87. The molecule has 0 bridgehead atoms. The summed E-state index contributed by atoms with van der Waals surface area (Å²) in [6.07, 6.45) is 4.42. The molecule has 2 aromatic rings. The molecule has 1 aliphatic rings. The van der Waals surface area contributed by atoms with E-state index >= 15 is 0 Å². The highest BCUT2D eigenvalue weighted by atomic mass is 32.2. The fraction of sp³-hybridized carbons (Fsp3) is 0.381.